The van der Waals surface area contributed by atoms with E-state index in [4.69, 9.17) is 0 Å². The second kappa shape index (κ2) is 6.19. The molecule has 0 radical (unpaired) electrons. The molecule has 0 spiro atoms. The Kier molecular flexibility index (Phi) is 4.20. The van der Waals surface area contributed by atoms with Crippen molar-refractivity contribution < 1.29 is 18.0 Å². The monoisotopic (exact) mass is 348 g/mol. The summed E-state index contributed by atoms with van der Waals surface area (Å²) in [7, 11) is 3.26. The molecule has 0 saturated carbocycles. The lowest BCUT2D eigenvalue weighted by Gasteiger charge is -2.16. The van der Waals surface area contributed by atoms with E-state index in [1.54, 1.807) is 24.9 Å². The number of aromatic nitrogens is 3. The van der Waals surface area contributed by atoms with E-state index in [9.17, 15) is 18.0 Å². The van der Waals surface area contributed by atoms with Gasteiger partial charge in [-0.25, -0.2) is 0 Å². The number of halogens is 3. The fourth-order valence-electron chi connectivity index (χ4n) is 2.65. The van der Waals surface area contributed by atoms with Gasteiger partial charge in [0.15, 0.2) is 0 Å². The van der Waals surface area contributed by atoms with Crippen LogP contribution in [0.5, 0.6) is 0 Å². The van der Waals surface area contributed by atoms with E-state index >= 15 is 0 Å². The summed E-state index contributed by atoms with van der Waals surface area (Å²) < 4.78 is 40.2. The number of alkyl halides is 3. The average Bonchev–Trinajstić information content (AvgIpc) is 2.90. The lowest BCUT2D eigenvalue weighted by molar-refractivity contribution is -0.137. The minimum atomic E-state index is -4.42. The van der Waals surface area contributed by atoms with Crippen molar-refractivity contribution >= 4 is 16.8 Å². The molecule has 0 fully saturated rings. The van der Waals surface area contributed by atoms with Gasteiger partial charge >= 0.3 is 6.18 Å². The van der Waals surface area contributed by atoms with Gasteiger partial charge in [-0.2, -0.15) is 13.2 Å². The number of carbonyl (C=O) groups is 1. The maximum Gasteiger partial charge on any atom is 0.416 e. The van der Waals surface area contributed by atoms with Crippen molar-refractivity contribution in [2.75, 3.05) is 7.05 Å². The fraction of sp³-hybridized carbons (Fsp3) is 0.235. The molecule has 0 saturated heterocycles. The summed E-state index contributed by atoms with van der Waals surface area (Å²) in [4.78, 5) is 22.2. The quantitative estimate of drug-likeness (QED) is 0.730. The second-order valence-electron chi connectivity index (χ2n) is 5.72. The number of nitrogens with zero attached hydrogens (tertiary/aromatic N) is 4. The Hall–Kier alpha value is -2.90. The van der Waals surface area contributed by atoms with Gasteiger partial charge in [0, 0.05) is 37.4 Å². The normalized spacial score (nSPS) is 11.7. The Balaban J connectivity index is 1.92. The molecule has 5 nitrogen and oxygen atoms in total. The van der Waals surface area contributed by atoms with Crippen molar-refractivity contribution in [1.29, 1.82) is 0 Å². The summed E-state index contributed by atoms with van der Waals surface area (Å²) in [5.74, 6) is -0.307. The summed E-state index contributed by atoms with van der Waals surface area (Å²) in [6.07, 6.45) is 0.203. The molecule has 0 aliphatic carbocycles. The summed E-state index contributed by atoms with van der Waals surface area (Å²) >= 11 is 0. The lowest BCUT2D eigenvalue weighted by Crippen LogP contribution is -2.28. The predicted octanol–water partition coefficient (Wildman–Crippen LogP) is 3.26. The smallest absolute Gasteiger partial charge is 0.340 e. The molecule has 1 amide bonds. The van der Waals surface area contributed by atoms with E-state index in [0.717, 1.165) is 12.1 Å². The van der Waals surface area contributed by atoms with E-state index in [-0.39, 0.29) is 12.5 Å². The minimum absolute atomic E-state index is 0.252. The molecule has 3 aromatic rings. The predicted molar refractivity (Wildman–Crippen MR) is 85.8 cm³/mol. The molecule has 0 bridgehead atoms. The second-order valence-corrected chi connectivity index (χ2v) is 5.72. The van der Waals surface area contributed by atoms with E-state index in [2.05, 4.69) is 9.97 Å². The van der Waals surface area contributed by atoms with E-state index in [1.165, 1.54) is 29.4 Å². The molecule has 1 aromatic carbocycles. The van der Waals surface area contributed by atoms with Crippen LogP contribution in [0.15, 0.2) is 42.9 Å². The largest absolute Gasteiger partial charge is 0.416 e. The Morgan fingerprint density at radius 3 is 2.64 bits per heavy atom. The van der Waals surface area contributed by atoms with Crippen LogP contribution in [0.25, 0.3) is 10.9 Å². The van der Waals surface area contributed by atoms with Crippen LogP contribution in [-0.2, 0) is 19.8 Å². The number of rotatable bonds is 3. The number of aryl methyl sites for hydroxylation is 1. The molecule has 0 aliphatic rings. The first kappa shape index (κ1) is 16.9. The van der Waals surface area contributed by atoms with Crippen LogP contribution < -0.4 is 0 Å². The van der Waals surface area contributed by atoms with Gasteiger partial charge in [0.05, 0.1) is 24.0 Å². The molecule has 3 rings (SSSR count). The van der Waals surface area contributed by atoms with Gasteiger partial charge < -0.3 is 9.47 Å². The van der Waals surface area contributed by atoms with Crippen molar-refractivity contribution in [3.63, 3.8) is 0 Å². The number of hydrogen-bond donors (Lipinski definition) is 0. The van der Waals surface area contributed by atoms with E-state index in [0.29, 0.717) is 22.3 Å². The maximum atomic E-state index is 12.9. The lowest BCUT2D eigenvalue weighted by atomic mass is 10.1. The zero-order chi connectivity index (χ0) is 18.2. The number of hydrogen-bond acceptors (Lipinski definition) is 3. The summed E-state index contributed by atoms with van der Waals surface area (Å²) in [5, 5.41) is 0.369. The number of benzene rings is 1. The van der Waals surface area contributed by atoms with Gasteiger partial charge in [0.2, 0.25) is 0 Å². The SMILES string of the molecule is CN(Cc1cnccn1)C(=O)c1cc2cc(C(F)(F)F)ccc2n1C. The van der Waals surface area contributed by atoms with Crippen LogP contribution in [0.3, 0.4) is 0 Å². The molecule has 2 heterocycles. The van der Waals surface area contributed by atoms with Gasteiger partial charge in [-0.05, 0) is 24.3 Å². The van der Waals surface area contributed by atoms with E-state index in [1.807, 2.05) is 0 Å². The van der Waals surface area contributed by atoms with Gasteiger partial charge in [0.25, 0.3) is 5.91 Å². The summed E-state index contributed by atoms with van der Waals surface area (Å²) in [6.45, 7) is 0.252. The van der Waals surface area contributed by atoms with Crippen LogP contribution in [0.2, 0.25) is 0 Å². The first-order chi connectivity index (χ1) is 11.8. The van der Waals surface area contributed by atoms with Crippen LogP contribution in [-0.4, -0.2) is 32.4 Å². The van der Waals surface area contributed by atoms with Crippen LogP contribution in [0.4, 0.5) is 13.2 Å². The molecule has 25 heavy (non-hydrogen) atoms. The Labute approximate surface area is 141 Å². The highest BCUT2D eigenvalue weighted by atomic mass is 19.4. The number of fused-ring (bicyclic) bond motifs is 1. The van der Waals surface area contributed by atoms with Crippen LogP contribution in [0.1, 0.15) is 21.7 Å². The fourth-order valence-corrected chi connectivity index (χ4v) is 2.65. The molecule has 0 aliphatic heterocycles. The molecule has 0 unspecified atom stereocenters. The van der Waals surface area contributed by atoms with Gasteiger partial charge in [0.1, 0.15) is 5.69 Å². The number of carbonyl (C=O) groups excluding carboxylic acids is 1. The summed E-state index contributed by atoms with van der Waals surface area (Å²) in [6, 6.07) is 4.91. The molecule has 2 aromatic heterocycles. The molecular formula is C17H15F3N4O. The highest BCUT2D eigenvalue weighted by Crippen LogP contribution is 2.32. The summed E-state index contributed by atoms with van der Waals surface area (Å²) in [5.41, 5.74) is 0.749. The molecule has 130 valence electrons. The minimum Gasteiger partial charge on any atom is -0.340 e. The third-order valence-electron chi connectivity index (χ3n) is 3.95. The van der Waals surface area contributed by atoms with Crippen molar-refractivity contribution in [1.82, 2.24) is 19.4 Å². The van der Waals surface area contributed by atoms with Crippen molar-refractivity contribution in [3.8, 4) is 0 Å². The Bertz CT molecular complexity index is 919. The Morgan fingerprint density at radius 2 is 2.00 bits per heavy atom. The molecule has 0 N–H and O–H groups in total. The van der Waals surface area contributed by atoms with Crippen molar-refractivity contribution in [2.24, 2.45) is 7.05 Å². The first-order valence-corrected chi connectivity index (χ1v) is 7.44. The average molecular weight is 348 g/mol. The van der Waals surface area contributed by atoms with Crippen molar-refractivity contribution in [2.45, 2.75) is 12.7 Å². The maximum absolute atomic E-state index is 12.9. The zero-order valence-electron chi connectivity index (χ0n) is 13.6. The van der Waals surface area contributed by atoms with Crippen molar-refractivity contribution in [3.05, 3.63) is 59.8 Å². The molecule has 0 atom stereocenters. The van der Waals surface area contributed by atoms with Gasteiger partial charge in [-0.3, -0.25) is 14.8 Å². The van der Waals surface area contributed by atoms with E-state index < -0.39 is 11.7 Å². The van der Waals surface area contributed by atoms with Crippen LogP contribution >= 0.6 is 0 Å². The van der Waals surface area contributed by atoms with Gasteiger partial charge in [-0.1, -0.05) is 0 Å². The third kappa shape index (κ3) is 3.33. The Morgan fingerprint density at radius 1 is 1.24 bits per heavy atom. The third-order valence-corrected chi connectivity index (χ3v) is 3.95. The topological polar surface area (TPSA) is 51.0 Å². The highest BCUT2D eigenvalue weighted by molar-refractivity contribution is 5.98. The highest BCUT2D eigenvalue weighted by Gasteiger charge is 2.31. The number of amides is 1. The molecular weight excluding hydrogens is 333 g/mol. The molecule has 8 heteroatoms. The van der Waals surface area contributed by atoms with Crippen LogP contribution in [0, 0.1) is 0 Å². The standard InChI is InChI=1S/C17H15F3N4O/c1-23(10-13-9-21-5-6-22-13)16(25)15-8-11-7-12(17(18,19)20)3-4-14(11)24(15)2/h3-9H,10H2,1-2H3. The zero-order valence-corrected chi connectivity index (χ0v) is 13.6. The first-order valence-electron chi connectivity index (χ1n) is 7.44. The van der Waals surface area contributed by atoms with Gasteiger partial charge in [-0.15, -0.1) is 0 Å².